The van der Waals surface area contributed by atoms with Gasteiger partial charge < -0.3 is 19.7 Å². The molecule has 0 radical (unpaired) electrons. The number of benzene rings is 2. The maximum Gasteiger partial charge on any atom is 0.272 e. The van der Waals surface area contributed by atoms with Crippen molar-refractivity contribution < 1.29 is 19.1 Å². The summed E-state index contributed by atoms with van der Waals surface area (Å²) < 4.78 is 12.7. The van der Waals surface area contributed by atoms with Gasteiger partial charge in [-0.05, 0) is 79.5 Å². The van der Waals surface area contributed by atoms with E-state index >= 15 is 0 Å². The summed E-state index contributed by atoms with van der Waals surface area (Å²) in [4.78, 5) is 27.7. The highest BCUT2D eigenvalue weighted by Crippen LogP contribution is 2.30. The van der Waals surface area contributed by atoms with Crippen LogP contribution in [0.25, 0.3) is 0 Å². The van der Waals surface area contributed by atoms with Crippen molar-refractivity contribution in [2.75, 3.05) is 32.1 Å². The van der Waals surface area contributed by atoms with E-state index in [4.69, 9.17) is 9.47 Å². The van der Waals surface area contributed by atoms with E-state index in [9.17, 15) is 9.59 Å². The fourth-order valence-corrected chi connectivity index (χ4v) is 5.15. The molecular formula is C31H40N4O4. The molecule has 3 aromatic rings. The molecular weight excluding hydrogens is 492 g/mol. The first kappa shape index (κ1) is 28.2. The van der Waals surface area contributed by atoms with Crippen molar-refractivity contribution in [3.05, 3.63) is 71.0 Å². The second kappa shape index (κ2) is 12.8. The van der Waals surface area contributed by atoms with Gasteiger partial charge in [-0.25, -0.2) is 0 Å². The highest BCUT2D eigenvalue weighted by Gasteiger charge is 2.26. The summed E-state index contributed by atoms with van der Waals surface area (Å²) >= 11 is 0. The number of hydrogen-bond donors (Lipinski definition) is 1. The zero-order valence-electron chi connectivity index (χ0n) is 23.7. The smallest absolute Gasteiger partial charge is 0.272 e. The molecule has 1 saturated heterocycles. The number of aryl methyl sites for hydroxylation is 1. The van der Waals surface area contributed by atoms with E-state index < -0.39 is 0 Å². The van der Waals surface area contributed by atoms with Crippen LogP contribution in [0.4, 0.5) is 5.69 Å². The first-order valence-corrected chi connectivity index (χ1v) is 13.8. The molecule has 0 unspecified atom stereocenters. The van der Waals surface area contributed by atoms with Crippen molar-refractivity contribution in [3.8, 4) is 11.5 Å². The predicted octanol–water partition coefficient (Wildman–Crippen LogP) is 5.23. The third-order valence-corrected chi connectivity index (χ3v) is 7.11. The van der Waals surface area contributed by atoms with Gasteiger partial charge in [0.25, 0.3) is 5.91 Å². The van der Waals surface area contributed by atoms with E-state index in [1.807, 2.05) is 55.3 Å². The SMILES string of the molecule is CCOc1ccc(CC(=O)Nc2ccc(C3CCN(C(=O)c4cc(CC(C)C)nn4C)CC3)cc2)cc1OC. The van der Waals surface area contributed by atoms with Crippen molar-refractivity contribution in [3.63, 3.8) is 0 Å². The van der Waals surface area contributed by atoms with Crippen LogP contribution in [-0.4, -0.2) is 53.3 Å². The lowest BCUT2D eigenvalue weighted by Crippen LogP contribution is -2.38. The number of aromatic nitrogens is 2. The lowest BCUT2D eigenvalue weighted by atomic mass is 9.89. The molecule has 1 N–H and O–H groups in total. The molecule has 0 aliphatic carbocycles. The second-order valence-electron chi connectivity index (χ2n) is 10.6. The number of nitrogens with zero attached hydrogens (tertiary/aromatic N) is 3. The molecule has 1 aliphatic heterocycles. The highest BCUT2D eigenvalue weighted by molar-refractivity contribution is 5.93. The molecule has 0 spiro atoms. The second-order valence-corrected chi connectivity index (χ2v) is 10.6. The minimum atomic E-state index is -0.0903. The van der Waals surface area contributed by atoms with Gasteiger partial charge in [-0.2, -0.15) is 5.10 Å². The summed E-state index contributed by atoms with van der Waals surface area (Å²) in [5, 5.41) is 7.51. The van der Waals surface area contributed by atoms with Crippen LogP contribution >= 0.6 is 0 Å². The zero-order chi connectivity index (χ0) is 27.9. The van der Waals surface area contributed by atoms with Gasteiger partial charge in [-0.1, -0.05) is 32.0 Å². The Morgan fingerprint density at radius 2 is 1.77 bits per heavy atom. The molecule has 0 atom stereocenters. The summed E-state index contributed by atoms with van der Waals surface area (Å²) in [5.74, 6) is 2.14. The van der Waals surface area contributed by atoms with Gasteiger partial charge in [0, 0.05) is 25.8 Å². The van der Waals surface area contributed by atoms with E-state index in [-0.39, 0.29) is 18.2 Å². The van der Waals surface area contributed by atoms with E-state index in [1.165, 1.54) is 5.56 Å². The molecule has 1 aromatic heterocycles. The Balaban J connectivity index is 1.29. The Morgan fingerprint density at radius 1 is 1.05 bits per heavy atom. The summed E-state index contributed by atoms with van der Waals surface area (Å²) in [7, 11) is 3.44. The van der Waals surface area contributed by atoms with Crippen LogP contribution in [0.1, 0.15) is 66.8 Å². The first-order chi connectivity index (χ1) is 18.8. The van der Waals surface area contributed by atoms with Crippen LogP contribution in [0.15, 0.2) is 48.5 Å². The molecule has 1 aliphatic rings. The monoisotopic (exact) mass is 532 g/mol. The molecule has 0 saturated carbocycles. The number of hydrogen-bond acceptors (Lipinski definition) is 5. The van der Waals surface area contributed by atoms with Gasteiger partial charge in [0.1, 0.15) is 5.69 Å². The number of rotatable bonds is 10. The van der Waals surface area contributed by atoms with Crippen molar-refractivity contribution >= 4 is 17.5 Å². The van der Waals surface area contributed by atoms with E-state index in [0.29, 0.717) is 35.6 Å². The number of piperidine rings is 1. The quantitative estimate of drug-likeness (QED) is 0.387. The fourth-order valence-electron chi connectivity index (χ4n) is 5.15. The van der Waals surface area contributed by atoms with Crippen molar-refractivity contribution in [1.82, 2.24) is 14.7 Å². The number of likely N-dealkylation sites (tertiary alicyclic amines) is 1. The third kappa shape index (κ3) is 7.19. The van der Waals surface area contributed by atoms with Gasteiger partial charge in [0.2, 0.25) is 5.91 Å². The van der Waals surface area contributed by atoms with Gasteiger partial charge in [-0.3, -0.25) is 14.3 Å². The van der Waals surface area contributed by atoms with Gasteiger partial charge in [0.05, 0.1) is 25.8 Å². The summed E-state index contributed by atoms with van der Waals surface area (Å²) in [6.45, 7) is 8.22. The van der Waals surface area contributed by atoms with Gasteiger partial charge >= 0.3 is 0 Å². The van der Waals surface area contributed by atoms with Gasteiger partial charge in [0.15, 0.2) is 11.5 Å². The van der Waals surface area contributed by atoms with Crippen LogP contribution in [0.5, 0.6) is 11.5 Å². The minimum Gasteiger partial charge on any atom is -0.493 e. The van der Waals surface area contributed by atoms with Crippen LogP contribution in [0, 0.1) is 5.92 Å². The largest absolute Gasteiger partial charge is 0.493 e. The molecule has 39 heavy (non-hydrogen) atoms. The molecule has 208 valence electrons. The predicted molar refractivity (Wildman–Crippen MR) is 153 cm³/mol. The number of anilines is 1. The van der Waals surface area contributed by atoms with Crippen LogP contribution < -0.4 is 14.8 Å². The van der Waals surface area contributed by atoms with Crippen LogP contribution in [0.2, 0.25) is 0 Å². The minimum absolute atomic E-state index is 0.0571. The molecule has 8 nitrogen and oxygen atoms in total. The number of methoxy groups -OCH3 is 1. The van der Waals surface area contributed by atoms with Crippen LogP contribution in [0.3, 0.4) is 0 Å². The Morgan fingerprint density at radius 3 is 2.41 bits per heavy atom. The number of ether oxygens (including phenoxy) is 2. The summed E-state index contributed by atoms with van der Waals surface area (Å²) in [5.41, 5.74) is 4.48. The average Bonchev–Trinajstić information content (AvgIpc) is 3.28. The molecule has 0 bridgehead atoms. The number of carbonyl (C=O) groups is 2. The molecule has 2 heterocycles. The number of nitrogens with one attached hydrogen (secondary N) is 1. The lowest BCUT2D eigenvalue weighted by molar-refractivity contribution is -0.115. The molecule has 1 fully saturated rings. The van der Waals surface area contributed by atoms with Gasteiger partial charge in [-0.15, -0.1) is 0 Å². The zero-order valence-corrected chi connectivity index (χ0v) is 23.7. The summed E-state index contributed by atoms with van der Waals surface area (Å²) in [6, 6.07) is 15.6. The Hall–Kier alpha value is -3.81. The normalized spacial score (nSPS) is 13.9. The average molecular weight is 533 g/mol. The van der Waals surface area contributed by atoms with E-state index in [0.717, 1.165) is 49.3 Å². The highest BCUT2D eigenvalue weighted by atomic mass is 16.5. The maximum absolute atomic E-state index is 13.1. The van der Waals surface area contributed by atoms with Crippen molar-refractivity contribution in [2.45, 2.75) is 52.4 Å². The Labute approximate surface area is 231 Å². The van der Waals surface area contributed by atoms with Crippen molar-refractivity contribution in [2.24, 2.45) is 13.0 Å². The van der Waals surface area contributed by atoms with Crippen molar-refractivity contribution in [1.29, 1.82) is 0 Å². The maximum atomic E-state index is 13.1. The first-order valence-electron chi connectivity index (χ1n) is 13.8. The third-order valence-electron chi connectivity index (χ3n) is 7.11. The fraction of sp³-hybridized carbons (Fsp3) is 0.452. The summed E-state index contributed by atoms with van der Waals surface area (Å²) in [6.07, 6.45) is 2.93. The molecule has 2 amide bonds. The van der Waals surface area contributed by atoms with Crippen LogP contribution in [-0.2, 0) is 24.7 Å². The Bertz CT molecular complexity index is 1270. The molecule has 4 rings (SSSR count). The molecule has 8 heteroatoms. The lowest BCUT2D eigenvalue weighted by Gasteiger charge is -2.32. The number of amides is 2. The number of carbonyl (C=O) groups excluding carboxylic acids is 2. The van der Waals surface area contributed by atoms with E-state index in [2.05, 4.69) is 36.4 Å². The Kier molecular flexibility index (Phi) is 9.28. The molecule has 2 aromatic carbocycles. The van der Waals surface area contributed by atoms with E-state index in [1.54, 1.807) is 11.8 Å². The standard InChI is InChI=1S/C31H40N4O4/c1-6-39-28-12-7-22(18-29(28)38-5)19-30(36)32-25-10-8-23(9-11-25)24-13-15-35(16-14-24)31(37)27-20-26(17-21(2)3)33-34(27)4/h7-12,18,20-21,24H,6,13-17,19H2,1-5H3,(H,32,36). The topological polar surface area (TPSA) is 85.7 Å².